The molecule has 2 spiro atoms. The second-order valence-electron chi connectivity index (χ2n) is 7.44. The molecule has 29 heavy (non-hydrogen) atoms. The summed E-state index contributed by atoms with van der Waals surface area (Å²) < 4.78 is 0. The van der Waals surface area contributed by atoms with E-state index in [1.165, 1.54) is 4.90 Å². The summed E-state index contributed by atoms with van der Waals surface area (Å²) in [6, 6.07) is 12.5. The van der Waals surface area contributed by atoms with E-state index in [0.717, 1.165) is 0 Å². The van der Waals surface area contributed by atoms with E-state index in [4.69, 9.17) is 11.5 Å². The fraction of sp³-hybridized carbons (Fsp3) is 0.158. The molecule has 0 bridgehead atoms. The number of benzene rings is 2. The van der Waals surface area contributed by atoms with Crippen molar-refractivity contribution in [2.24, 2.45) is 11.5 Å². The highest BCUT2D eigenvalue weighted by molar-refractivity contribution is 6.18. The van der Waals surface area contributed by atoms with Crippen molar-refractivity contribution in [3.05, 3.63) is 59.7 Å². The predicted octanol–water partition coefficient (Wildman–Crippen LogP) is 0.446. The maximum atomic E-state index is 12.9. The van der Waals surface area contributed by atoms with E-state index in [1.54, 1.807) is 63.2 Å². The zero-order chi connectivity index (χ0) is 20.3. The summed E-state index contributed by atoms with van der Waals surface area (Å²) in [6.45, 7) is 0.365. The number of urea groups is 2. The Balaban J connectivity index is 1.40. The van der Waals surface area contributed by atoms with Crippen molar-refractivity contribution in [3.63, 3.8) is 0 Å². The number of carbonyl (C=O) groups is 4. The number of anilines is 2. The quantitative estimate of drug-likeness (QED) is 0.733. The van der Waals surface area contributed by atoms with Gasteiger partial charge in [-0.05, 0) is 36.4 Å². The summed E-state index contributed by atoms with van der Waals surface area (Å²) in [6.07, 6.45) is 0. The topological polar surface area (TPSA) is 133 Å². The lowest BCUT2D eigenvalue weighted by Crippen LogP contribution is -2.85. The van der Waals surface area contributed by atoms with Crippen LogP contribution in [-0.2, 0) is 0 Å². The standard InChI is InChI=1S/C19H14N6O4/c20-14(26)10-3-1-5-12(7-10)23-17(29)25-18(23)9-22-16(28)24(19(18,22)25)13-6-2-4-11(8-13)15(21)27/h1-8H,9H2,(H2,20,26)(H2,21,27). The smallest absolute Gasteiger partial charge is 0.332 e. The van der Waals surface area contributed by atoms with Crippen LogP contribution in [0.1, 0.15) is 20.7 Å². The highest BCUT2D eigenvalue weighted by Crippen LogP contribution is 2.77. The number of carbonyl (C=O) groups excluding carboxylic acids is 4. The van der Waals surface area contributed by atoms with Gasteiger partial charge in [-0.2, -0.15) is 0 Å². The van der Waals surface area contributed by atoms with E-state index < -0.39 is 23.3 Å². The van der Waals surface area contributed by atoms with E-state index in [9.17, 15) is 19.2 Å². The molecule has 10 heteroatoms. The van der Waals surface area contributed by atoms with Gasteiger partial charge in [0.15, 0.2) is 0 Å². The number of hydrogen-bond acceptors (Lipinski definition) is 4. The van der Waals surface area contributed by atoms with E-state index in [1.807, 2.05) is 0 Å². The molecule has 0 saturated carbocycles. The first-order valence-electron chi connectivity index (χ1n) is 8.92. The second-order valence-corrected chi connectivity index (χ2v) is 7.44. The largest absolute Gasteiger partial charge is 0.366 e. The van der Waals surface area contributed by atoms with E-state index >= 15 is 0 Å². The Labute approximate surface area is 163 Å². The molecule has 4 saturated heterocycles. The lowest BCUT2D eigenvalue weighted by atomic mass is 9.93. The van der Waals surface area contributed by atoms with Crippen LogP contribution in [0, 0.1) is 0 Å². The molecule has 2 aromatic rings. The summed E-state index contributed by atoms with van der Waals surface area (Å²) in [5.41, 5.74) is 11.6. The van der Waals surface area contributed by atoms with Crippen LogP contribution in [0.2, 0.25) is 0 Å². The molecule has 2 atom stereocenters. The predicted molar refractivity (Wildman–Crippen MR) is 99.7 cm³/mol. The number of hydrogen-bond donors (Lipinski definition) is 2. The molecule has 4 aliphatic heterocycles. The Morgan fingerprint density at radius 1 is 0.828 bits per heavy atom. The first-order chi connectivity index (χ1) is 13.9. The Morgan fingerprint density at radius 2 is 1.38 bits per heavy atom. The Hall–Kier alpha value is -4.08. The van der Waals surface area contributed by atoms with Gasteiger partial charge in [0.05, 0.1) is 12.2 Å². The number of amides is 6. The van der Waals surface area contributed by atoms with Gasteiger partial charge >= 0.3 is 12.1 Å². The van der Waals surface area contributed by atoms with Crippen molar-refractivity contribution >= 4 is 35.3 Å². The van der Waals surface area contributed by atoms with Gasteiger partial charge in [0, 0.05) is 16.8 Å². The molecule has 4 N–H and O–H groups in total. The lowest BCUT2D eigenvalue weighted by molar-refractivity contribution is 0.0413. The Bertz CT molecular complexity index is 1200. The Morgan fingerprint density at radius 3 is 1.93 bits per heavy atom. The fourth-order valence-corrected chi connectivity index (χ4v) is 4.97. The molecule has 2 unspecified atom stereocenters. The van der Waals surface area contributed by atoms with Crippen molar-refractivity contribution < 1.29 is 19.2 Å². The Kier molecular flexibility index (Phi) is 2.46. The minimum absolute atomic E-state index is 0.245. The average Bonchev–Trinajstić information content (AvgIpc) is 3.16. The van der Waals surface area contributed by atoms with Crippen LogP contribution in [0.25, 0.3) is 0 Å². The van der Waals surface area contributed by atoms with Crippen LogP contribution in [0.3, 0.4) is 0 Å². The van der Waals surface area contributed by atoms with E-state index in [0.29, 0.717) is 23.5 Å². The highest BCUT2D eigenvalue weighted by atomic mass is 16.3. The second kappa shape index (κ2) is 4.49. The summed E-state index contributed by atoms with van der Waals surface area (Å²) in [5.74, 6) is -2.09. The summed E-state index contributed by atoms with van der Waals surface area (Å²) in [5, 5.41) is 0. The molecule has 4 fully saturated rings. The van der Waals surface area contributed by atoms with Gasteiger partial charge in [0.1, 0.15) is 0 Å². The molecule has 10 nitrogen and oxygen atoms in total. The summed E-state index contributed by atoms with van der Waals surface area (Å²) >= 11 is 0. The van der Waals surface area contributed by atoms with Crippen LogP contribution in [0.15, 0.2) is 48.5 Å². The third kappa shape index (κ3) is 1.42. The monoisotopic (exact) mass is 390 g/mol. The third-order valence-corrected chi connectivity index (χ3v) is 6.19. The minimum Gasteiger partial charge on any atom is -0.366 e. The zero-order valence-electron chi connectivity index (χ0n) is 14.9. The van der Waals surface area contributed by atoms with Gasteiger partial charge in [-0.3, -0.25) is 19.4 Å². The normalized spacial score (nSPS) is 27.9. The van der Waals surface area contributed by atoms with Crippen LogP contribution in [-0.4, -0.2) is 51.7 Å². The molecule has 6 amide bonds. The van der Waals surface area contributed by atoms with Crippen molar-refractivity contribution in [2.75, 3.05) is 16.3 Å². The molecule has 4 heterocycles. The van der Waals surface area contributed by atoms with Crippen LogP contribution in [0.5, 0.6) is 0 Å². The molecule has 6 rings (SSSR count). The number of nitrogens with two attached hydrogens (primary N) is 2. The van der Waals surface area contributed by atoms with Gasteiger partial charge in [-0.1, -0.05) is 12.1 Å². The van der Waals surface area contributed by atoms with Crippen molar-refractivity contribution in [1.29, 1.82) is 0 Å². The van der Waals surface area contributed by atoms with Crippen molar-refractivity contribution in [1.82, 2.24) is 9.80 Å². The van der Waals surface area contributed by atoms with Gasteiger partial charge in [-0.15, -0.1) is 0 Å². The number of primary amides is 2. The van der Waals surface area contributed by atoms with Gasteiger partial charge in [0.25, 0.3) is 5.79 Å². The molecule has 0 radical (unpaired) electrons. The molecule has 0 aliphatic carbocycles. The van der Waals surface area contributed by atoms with Crippen LogP contribution in [0.4, 0.5) is 21.0 Å². The minimum atomic E-state index is -0.903. The summed E-state index contributed by atoms with van der Waals surface area (Å²) in [7, 11) is 0. The number of nitrogens with zero attached hydrogens (tertiary/aromatic N) is 4. The average molecular weight is 390 g/mol. The molecule has 2 aromatic carbocycles. The fourth-order valence-electron chi connectivity index (χ4n) is 4.97. The van der Waals surface area contributed by atoms with Crippen LogP contribution < -0.4 is 21.3 Å². The van der Waals surface area contributed by atoms with Gasteiger partial charge < -0.3 is 11.5 Å². The molecule has 0 aromatic heterocycles. The van der Waals surface area contributed by atoms with Gasteiger partial charge in [0.2, 0.25) is 17.5 Å². The first-order valence-corrected chi connectivity index (χ1v) is 8.92. The highest BCUT2D eigenvalue weighted by Gasteiger charge is 3.06. The van der Waals surface area contributed by atoms with Crippen molar-refractivity contribution in [3.8, 4) is 0 Å². The van der Waals surface area contributed by atoms with Crippen molar-refractivity contribution in [2.45, 2.75) is 11.4 Å². The van der Waals surface area contributed by atoms with Crippen LogP contribution >= 0.6 is 0 Å². The van der Waals surface area contributed by atoms with E-state index in [2.05, 4.69) is 0 Å². The first kappa shape index (κ1) is 15.9. The summed E-state index contributed by atoms with van der Waals surface area (Å²) in [4.78, 5) is 54.9. The SMILES string of the molecule is NC(=O)c1cccc(N2C(=O)N3C24CN2C(=O)N(c5cccc(C(N)=O)c5)C234)c1. The van der Waals surface area contributed by atoms with Gasteiger partial charge in [-0.25, -0.2) is 19.4 Å². The molecule has 144 valence electrons. The molecule has 4 aliphatic rings. The number of rotatable bonds is 4. The zero-order valence-corrected chi connectivity index (χ0v) is 14.9. The molecular formula is C19H14N6O4. The maximum Gasteiger partial charge on any atom is 0.332 e. The van der Waals surface area contributed by atoms with E-state index in [-0.39, 0.29) is 17.6 Å². The lowest BCUT2D eigenvalue weighted by Gasteiger charge is -2.58. The molecular weight excluding hydrogens is 376 g/mol. The third-order valence-electron chi connectivity index (χ3n) is 6.19. The maximum absolute atomic E-state index is 12.9.